The number of aliphatic hydroxyl groups is 1. The first kappa shape index (κ1) is 16.7. The average Bonchev–Trinajstić information content (AvgIpc) is 2.53. The highest BCUT2D eigenvalue weighted by Crippen LogP contribution is 2.40. The summed E-state index contributed by atoms with van der Waals surface area (Å²) in [5, 5.41) is 8.99. The normalized spacial score (nSPS) is 13.6. The fraction of sp³-hybridized carbons (Fsp3) is 0.250. The molecule has 5 nitrogen and oxygen atoms in total. The van der Waals surface area contributed by atoms with Crippen molar-refractivity contribution in [2.45, 2.75) is 6.92 Å². The van der Waals surface area contributed by atoms with Gasteiger partial charge in [-0.1, -0.05) is 24.3 Å². The molecule has 1 unspecified atom stereocenters. The van der Waals surface area contributed by atoms with Crippen LogP contribution in [0.1, 0.15) is 6.92 Å². The van der Waals surface area contributed by atoms with Crippen molar-refractivity contribution in [3.05, 3.63) is 48.5 Å². The molecule has 0 radical (unpaired) electrons. The number of hydrogen-bond donors (Lipinski definition) is 2. The highest BCUT2D eigenvalue weighted by Gasteiger charge is 2.21. The summed E-state index contributed by atoms with van der Waals surface area (Å²) in [5.41, 5.74) is 1.89. The van der Waals surface area contributed by atoms with Crippen molar-refractivity contribution in [1.82, 2.24) is 0 Å². The lowest BCUT2D eigenvalue weighted by atomic mass is 10.1. The first-order valence-electron chi connectivity index (χ1n) is 6.99. The van der Waals surface area contributed by atoms with Crippen LogP contribution in [0, 0.1) is 0 Å². The monoisotopic (exact) mass is 322 g/mol. The van der Waals surface area contributed by atoms with Gasteiger partial charge in [-0.3, -0.25) is 4.57 Å². The molecule has 0 bridgehead atoms. The zero-order valence-electron chi connectivity index (χ0n) is 12.3. The zero-order valence-corrected chi connectivity index (χ0v) is 13.2. The van der Waals surface area contributed by atoms with E-state index >= 15 is 0 Å². The van der Waals surface area contributed by atoms with Gasteiger partial charge < -0.3 is 19.3 Å². The van der Waals surface area contributed by atoms with Crippen LogP contribution in [-0.2, 0) is 9.09 Å². The lowest BCUT2D eigenvalue weighted by Crippen LogP contribution is -2.06. The Balaban J connectivity index is 2.15. The Kier molecular flexibility index (Phi) is 5.75. The van der Waals surface area contributed by atoms with Crippen molar-refractivity contribution in [2.24, 2.45) is 0 Å². The number of benzene rings is 2. The van der Waals surface area contributed by atoms with Gasteiger partial charge in [0.15, 0.2) is 0 Å². The summed E-state index contributed by atoms with van der Waals surface area (Å²) in [6, 6.07) is 14.2. The summed E-state index contributed by atoms with van der Waals surface area (Å²) in [7, 11) is -3.72. The molecule has 0 amide bonds. The largest absolute Gasteiger partial charge is 0.491 e. The second kappa shape index (κ2) is 7.56. The van der Waals surface area contributed by atoms with Crippen molar-refractivity contribution in [3.63, 3.8) is 0 Å². The van der Waals surface area contributed by atoms with Gasteiger partial charge in [0.25, 0.3) is 0 Å². The first-order chi connectivity index (χ1) is 10.6. The van der Waals surface area contributed by atoms with Crippen LogP contribution in [0.2, 0.25) is 0 Å². The fourth-order valence-electron chi connectivity index (χ4n) is 2.00. The molecule has 2 rings (SSSR count). The maximum atomic E-state index is 11.9. The van der Waals surface area contributed by atoms with Gasteiger partial charge in [-0.05, 0) is 42.3 Å². The summed E-state index contributed by atoms with van der Waals surface area (Å²) in [6.45, 7) is 2.10. The predicted molar refractivity (Wildman–Crippen MR) is 85.5 cm³/mol. The van der Waals surface area contributed by atoms with Crippen LogP contribution in [0.4, 0.5) is 0 Å². The van der Waals surface area contributed by atoms with Gasteiger partial charge in [-0.2, -0.15) is 0 Å². The minimum atomic E-state index is -3.72. The van der Waals surface area contributed by atoms with E-state index in [0.29, 0.717) is 5.75 Å². The molecule has 118 valence electrons. The van der Waals surface area contributed by atoms with Gasteiger partial charge in [0.05, 0.1) is 18.5 Å². The van der Waals surface area contributed by atoms with Gasteiger partial charge in [0.1, 0.15) is 12.4 Å². The summed E-state index contributed by atoms with van der Waals surface area (Å²) in [5.74, 6) is 0.686. The highest BCUT2D eigenvalue weighted by molar-refractivity contribution is 7.61. The number of ether oxygens (including phenoxy) is 1. The van der Waals surface area contributed by atoms with Crippen molar-refractivity contribution in [1.29, 1.82) is 0 Å². The van der Waals surface area contributed by atoms with E-state index in [9.17, 15) is 9.46 Å². The molecule has 0 aliphatic heterocycles. The van der Waals surface area contributed by atoms with Crippen molar-refractivity contribution in [2.75, 3.05) is 19.8 Å². The Labute approximate surface area is 129 Å². The van der Waals surface area contributed by atoms with Gasteiger partial charge in [0.2, 0.25) is 0 Å². The minimum Gasteiger partial charge on any atom is -0.491 e. The zero-order chi connectivity index (χ0) is 16.0. The van der Waals surface area contributed by atoms with E-state index in [-0.39, 0.29) is 25.1 Å². The Morgan fingerprint density at radius 3 is 2.05 bits per heavy atom. The van der Waals surface area contributed by atoms with Crippen LogP contribution in [0.25, 0.3) is 11.1 Å². The molecule has 1 atom stereocenters. The van der Waals surface area contributed by atoms with Crippen LogP contribution < -0.4 is 10.0 Å². The molecular weight excluding hydrogens is 303 g/mol. The molecule has 0 spiro atoms. The molecule has 2 aromatic carbocycles. The standard InChI is InChI=1S/C16H19O5P/c1-2-21-22(18,19)16-9-5-14(6-10-16)13-3-7-15(8-4-13)20-12-11-17/h3-10,17H,2,11-12H2,1H3,(H,18,19). The average molecular weight is 322 g/mol. The quantitative estimate of drug-likeness (QED) is 0.766. The molecule has 22 heavy (non-hydrogen) atoms. The van der Waals surface area contributed by atoms with E-state index in [1.807, 2.05) is 24.3 Å². The highest BCUT2D eigenvalue weighted by atomic mass is 31.2. The molecule has 0 heterocycles. The van der Waals surface area contributed by atoms with E-state index in [1.165, 1.54) is 0 Å². The lowest BCUT2D eigenvalue weighted by Gasteiger charge is -2.11. The van der Waals surface area contributed by atoms with Crippen LogP contribution in [0.3, 0.4) is 0 Å². The molecule has 2 N–H and O–H groups in total. The van der Waals surface area contributed by atoms with Crippen LogP contribution in [-0.4, -0.2) is 29.8 Å². The molecule has 0 aromatic heterocycles. The van der Waals surface area contributed by atoms with Gasteiger partial charge in [-0.25, -0.2) is 0 Å². The number of aliphatic hydroxyl groups excluding tert-OH is 1. The van der Waals surface area contributed by atoms with Crippen LogP contribution >= 0.6 is 7.60 Å². The van der Waals surface area contributed by atoms with Crippen molar-refractivity contribution < 1.29 is 23.8 Å². The second-order valence-corrected chi connectivity index (χ2v) is 6.40. The molecule has 0 fully saturated rings. The summed E-state index contributed by atoms with van der Waals surface area (Å²) in [6.07, 6.45) is 0. The summed E-state index contributed by atoms with van der Waals surface area (Å²) >= 11 is 0. The van der Waals surface area contributed by atoms with Crippen LogP contribution in [0.15, 0.2) is 48.5 Å². The summed E-state index contributed by atoms with van der Waals surface area (Å²) < 4.78 is 22.1. The minimum absolute atomic E-state index is 0.0236. The molecule has 0 saturated carbocycles. The van der Waals surface area contributed by atoms with Crippen molar-refractivity contribution in [3.8, 4) is 16.9 Å². The Morgan fingerprint density at radius 1 is 1.00 bits per heavy atom. The fourth-order valence-corrected chi connectivity index (χ4v) is 3.02. The number of rotatable bonds is 7. The Morgan fingerprint density at radius 2 is 1.55 bits per heavy atom. The van der Waals surface area contributed by atoms with E-state index in [0.717, 1.165) is 11.1 Å². The Hall–Kier alpha value is -1.65. The third-order valence-corrected chi connectivity index (χ3v) is 4.60. The molecule has 0 aliphatic rings. The first-order valence-corrected chi connectivity index (χ1v) is 8.56. The third-order valence-electron chi connectivity index (χ3n) is 3.05. The molecule has 6 heteroatoms. The maximum absolute atomic E-state index is 11.9. The second-order valence-electron chi connectivity index (χ2n) is 4.58. The lowest BCUT2D eigenvalue weighted by molar-refractivity contribution is 0.201. The Bertz CT molecular complexity index is 637. The van der Waals surface area contributed by atoms with E-state index in [2.05, 4.69) is 0 Å². The smallest absolute Gasteiger partial charge is 0.358 e. The van der Waals surface area contributed by atoms with E-state index in [1.54, 1.807) is 31.2 Å². The van der Waals surface area contributed by atoms with Crippen LogP contribution in [0.5, 0.6) is 5.75 Å². The van der Waals surface area contributed by atoms with E-state index in [4.69, 9.17) is 14.4 Å². The summed E-state index contributed by atoms with van der Waals surface area (Å²) in [4.78, 5) is 9.76. The topological polar surface area (TPSA) is 76.0 Å². The van der Waals surface area contributed by atoms with Gasteiger partial charge >= 0.3 is 7.60 Å². The SMILES string of the molecule is CCOP(=O)(O)c1ccc(-c2ccc(OCCO)cc2)cc1. The molecule has 0 aliphatic carbocycles. The molecule has 0 saturated heterocycles. The predicted octanol–water partition coefficient (Wildman–Crippen LogP) is 2.57. The number of hydrogen-bond acceptors (Lipinski definition) is 4. The molecule has 2 aromatic rings. The van der Waals surface area contributed by atoms with Gasteiger partial charge in [0, 0.05) is 0 Å². The van der Waals surface area contributed by atoms with E-state index < -0.39 is 7.60 Å². The third kappa shape index (κ3) is 4.18. The molecular formula is C16H19O5P. The maximum Gasteiger partial charge on any atom is 0.358 e. The van der Waals surface area contributed by atoms with Crippen molar-refractivity contribution >= 4 is 12.9 Å². The van der Waals surface area contributed by atoms with Gasteiger partial charge in [-0.15, -0.1) is 0 Å².